The smallest absolute Gasteiger partial charge is 0.264 e. The fourth-order valence-corrected chi connectivity index (χ4v) is 4.73. The van der Waals surface area contributed by atoms with E-state index in [2.05, 4.69) is 5.32 Å². The van der Waals surface area contributed by atoms with E-state index in [9.17, 15) is 18.3 Å². The molecule has 0 spiro atoms. The minimum atomic E-state index is -4.01. The van der Waals surface area contributed by atoms with Crippen LogP contribution >= 0.6 is 11.6 Å². The molecular weight excluding hydrogens is 480 g/mol. The van der Waals surface area contributed by atoms with Gasteiger partial charge in [0, 0.05) is 17.6 Å². The lowest BCUT2D eigenvalue weighted by molar-refractivity contribution is -0.114. The number of hydrogen-bond acceptors (Lipinski definition) is 6. The van der Waals surface area contributed by atoms with Crippen molar-refractivity contribution in [2.75, 3.05) is 29.9 Å². The summed E-state index contributed by atoms with van der Waals surface area (Å²) in [6, 6.07) is 18.9. The van der Waals surface area contributed by atoms with E-state index in [4.69, 9.17) is 21.1 Å². The third kappa shape index (κ3) is 6.63. The van der Waals surface area contributed by atoms with Gasteiger partial charge in [0.2, 0.25) is 5.91 Å². The summed E-state index contributed by atoms with van der Waals surface area (Å²) in [6.45, 7) is 1.01. The van der Waals surface area contributed by atoms with Gasteiger partial charge in [-0.05, 0) is 72.8 Å². The number of amides is 1. The number of benzene rings is 3. The van der Waals surface area contributed by atoms with Gasteiger partial charge >= 0.3 is 0 Å². The van der Waals surface area contributed by atoms with Gasteiger partial charge in [0.15, 0.2) is 0 Å². The van der Waals surface area contributed by atoms with Gasteiger partial charge in [-0.3, -0.25) is 9.10 Å². The van der Waals surface area contributed by atoms with Crippen molar-refractivity contribution in [2.45, 2.75) is 17.9 Å². The van der Waals surface area contributed by atoms with Crippen LogP contribution < -0.4 is 19.1 Å². The number of carbonyl (C=O) groups is 1. The maximum Gasteiger partial charge on any atom is 0.264 e. The van der Waals surface area contributed by atoms with Crippen LogP contribution in [0, 0.1) is 0 Å². The molecule has 0 fully saturated rings. The van der Waals surface area contributed by atoms with Gasteiger partial charge in [0.1, 0.15) is 24.2 Å². The van der Waals surface area contributed by atoms with Crippen molar-refractivity contribution in [1.82, 2.24) is 0 Å². The summed E-state index contributed by atoms with van der Waals surface area (Å²) < 4.78 is 38.7. The van der Waals surface area contributed by atoms with E-state index in [1.54, 1.807) is 48.5 Å². The zero-order valence-electron chi connectivity index (χ0n) is 18.6. The maximum atomic E-state index is 13.4. The molecule has 0 heterocycles. The first-order valence-electron chi connectivity index (χ1n) is 10.3. The first-order valence-corrected chi connectivity index (χ1v) is 12.1. The van der Waals surface area contributed by atoms with Crippen LogP contribution in [0.25, 0.3) is 0 Å². The molecule has 34 heavy (non-hydrogen) atoms. The van der Waals surface area contributed by atoms with Gasteiger partial charge in [-0.1, -0.05) is 11.6 Å². The molecule has 3 aromatic rings. The van der Waals surface area contributed by atoms with Crippen LogP contribution in [0.2, 0.25) is 5.02 Å². The van der Waals surface area contributed by atoms with E-state index in [0.29, 0.717) is 27.9 Å². The molecule has 0 aliphatic rings. The molecule has 3 aromatic carbocycles. The Kier molecular flexibility index (Phi) is 8.38. The second-order valence-electron chi connectivity index (χ2n) is 7.36. The number of methoxy groups -OCH3 is 1. The average Bonchev–Trinajstić information content (AvgIpc) is 2.82. The Labute approximate surface area is 203 Å². The highest BCUT2D eigenvalue weighted by Crippen LogP contribution is 2.27. The largest absolute Gasteiger partial charge is 0.497 e. The Balaban J connectivity index is 1.77. The molecule has 3 rings (SSSR count). The van der Waals surface area contributed by atoms with Crippen molar-refractivity contribution in [3.8, 4) is 11.5 Å². The van der Waals surface area contributed by atoms with Gasteiger partial charge < -0.3 is 19.9 Å². The number of carbonyl (C=O) groups excluding carboxylic acids is 1. The van der Waals surface area contributed by atoms with Crippen LogP contribution in [0.3, 0.4) is 0 Å². The predicted octanol–water partition coefficient (Wildman–Crippen LogP) is 3.94. The number of nitrogens with one attached hydrogen (secondary N) is 1. The fourth-order valence-electron chi connectivity index (χ4n) is 3.10. The fraction of sp³-hybridized carbons (Fsp3) is 0.208. The number of rotatable bonds is 10. The zero-order chi connectivity index (χ0) is 24.7. The molecule has 2 N–H and O–H groups in total. The van der Waals surface area contributed by atoms with Gasteiger partial charge in [-0.15, -0.1) is 0 Å². The van der Waals surface area contributed by atoms with E-state index in [-0.39, 0.29) is 24.0 Å². The van der Waals surface area contributed by atoms with Gasteiger partial charge in [-0.2, -0.15) is 0 Å². The third-order valence-corrected chi connectivity index (χ3v) is 6.82. The van der Waals surface area contributed by atoms with Gasteiger partial charge in [-0.25, -0.2) is 8.42 Å². The minimum absolute atomic E-state index is 0.0365. The molecule has 0 radical (unpaired) electrons. The Morgan fingerprint density at radius 3 is 2.15 bits per heavy atom. The maximum absolute atomic E-state index is 13.4. The lowest BCUT2D eigenvalue weighted by Gasteiger charge is -2.27. The first kappa shape index (κ1) is 25.4. The second kappa shape index (κ2) is 11.2. The summed E-state index contributed by atoms with van der Waals surface area (Å²) >= 11 is 5.91. The van der Waals surface area contributed by atoms with Crippen molar-refractivity contribution < 1.29 is 27.8 Å². The number of sulfonamides is 1. The van der Waals surface area contributed by atoms with Crippen molar-refractivity contribution in [2.24, 2.45) is 0 Å². The van der Waals surface area contributed by atoms with Crippen LogP contribution in [0.15, 0.2) is 77.7 Å². The van der Waals surface area contributed by atoms with Crippen LogP contribution in [0.5, 0.6) is 11.5 Å². The Morgan fingerprint density at radius 2 is 1.59 bits per heavy atom. The first-order chi connectivity index (χ1) is 16.2. The second-order valence-corrected chi connectivity index (χ2v) is 9.66. The standard InChI is InChI=1S/C24H25ClN2O6S/c1-17(28)26-19-5-9-23(10-6-19)33-16-21(29)15-27(20-7-11-22(32-2)12-8-20)34(30,31)24-13-3-18(25)4-14-24/h3-14,21,29H,15-16H2,1-2H3,(H,26,28). The van der Waals surface area contributed by atoms with E-state index in [1.807, 2.05) is 0 Å². The lowest BCUT2D eigenvalue weighted by atomic mass is 10.2. The van der Waals surface area contributed by atoms with E-state index >= 15 is 0 Å². The molecule has 0 aliphatic heterocycles. The highest BCUT2D eigenvalue weighted by molar-refractivity contribution is 7.92. The number of ether oxygens (including phenoxy) is 2. The molecule has 1 amide bonds. The van der Waals surface area contributed by atoms with Crippen LogP contribution in [0.4, 0.5) is 11.4 Å². The minimum Gasteiger partial charge on any atom is -0.497 e. The zero-order valence-corrected chi connectivity index (χ0v) is 20.2. The van der Waals surface area contributed by atoms with Crippen LogP contribution in [0.1, 0.15) is 6.92 Å². The Morgan fingerprint density at radius 1 is 1.00 bits per heavy atom. The van der Waals surface area contributed by atoms with Crippen molar-refractivity contribution in [1.29, 1.82) is 0 Å². The summed E-state index contributed by atoms with van der Waals surface area (Å²) in [6.07, 6.45) is -1.14. The van der Waals surface area contributed by atoms with Crippen LogP contribution in [-0.4, -0.2) is 45.8 Å². The summed E-state index contributed by atoms with van der Waals surface area (Å²) in [7, 11) is -2.49. The third-order valence-electron chi connectivity index (χ3n) is 4.76. The van der Waals surface area contributed by atoms with Crippen LogP contribution in [-0.2, 0) is 14.8 Å². The van der Waals surface area contributed by atoms with Crippen molar-refractivity contribution >= 4 is 38.9 Å². The molecule has 0 saturated carbocycles. The molecule has 180 valence electrons. The summed E-state index contributed by atoms with van der Waals surface area (Å²) in [5.41, 5.74) is 0.967. The predicted molar refractivity (Wildman–Crippen MR) is 131 cm³/mol. The molecule has 8 nitrogen and oxygen atoms in total. The average molecular weight is 505 g/mol. The van der Waals surface area contributed by atoms with Gasteiger partial charge in [0.25, 0.3) is 10.0 Å². The Bertz CT molecular complexity index is 1200. The highest BCUT2D eigenvalue weighted by atomic mass is 35.5. The highest BCUT2D eigenvalue weighted by Gasteiger charge is 2.27. The van der Waals surface area contributed by atoms with Gasteiger partial charge in [0.05, 0.1) is 24.2 Å². The van der Waals surface area contributed by atoms with Crippen molar-refractivity contribution in [3.63, 3.8) is 0 Å². The Hall–Kier alpha value is -3.27. The monoisotopic (exact) mass is 504 g/mol. The molecule has 1 atom stereocenters. The number of aliphatic hydroxyl groups is 1. The molecular formula is C24H25ClN2O6S. The number of hydrogen-bond donors (Lipinski definition) is 2. The number of nitrogens with zero attached hydrogens (tertiary/aromatic N) is 1. The molecule has 10 heteroatoms. The lowest BCUT2D eigenvalue weighted by Crippen LogP contribution is -2.39. The molecule has 0 aliphatic carbocycles. The normalized spacial score (nSPS) is 12.0. The molecule has 0 bridgehead atoms. The molecule has 1 unspecified atom stereocenters. The van der Waals surface area contributed by atoms with E-state index in [0.717, 1.165) is 4.31 Å². The number of anilines is 2. The number of aliphatic hydroxyl groups excluding tert-OH is 1. The summed E-state index contributed by atoms with van der Waals surface area (Å²) in [5, 5.41) is 13.7. The van der Waals surface area contributed by atoms with Crippen molar-refractivity contribution in [3.05, 3.63) is 77.8 Å². The molecule has 0 aromatic heterocycles. The number of halogens is 1. The summed E-state index contributed by atoms with van der Waals surface area (Å²) in [5.74, 6) is 0.841. The topological polar surface area (TPSA) is 105 Å². The summed E-state index contributed by atoms with van der Waals surface area (Å²) in [4.78, 5) is 11.2. The molecule has 0 saturated heterocycles. The van der Waals surface area contributed by atoms with E-state index < -0.39 is 16.1 Å². The SMILES string of the molecule is COc1ccc(N(CC(O)COc2ccc(NC(C)=O)cc2)S(=O)(=O)c2ccc(Cl)cc2)cc1. The quantitative estimate of drug-likeness (QED) is 0.433. The van der Waals surface area contributed by atoms with E-state index in [1.165, 1.54) is 38.3 Å².